The van der Waals surface area contributed by atoms with Crippen molar-refractivity contribution >= 4 is 41.6 Å². The fourth-order valence-corrected chi connectivity index (χ4v) is 4.36. The molecule has 8 heteroatoms. The summed E-state index contributed by atoms with van der Waals surface area (Å²) in [5.74, 6) is 0.935. The Labute approximate surface area is 197 Å². The van der Waals surface area contributed by atoms with E-state index in [4.69, 9.17) is 4.74 Å². The molecule has 7 nitrogen and oxygen atoms in total. The van der Waals surface area contributed by atoms with Crippen molar-refractivity contribution in [2.24, 2.45) is 16.8 Å². The molecule has 2 aliphatic rings. The number of likely N-dealkylation sites (tertiary alicyclic amines) is 1. The fourth-order valence-electron chi connectivity index (χ4n) is 4.36. The molecule has 1 aromatic carbocycles. The van der Waals surface area contributed by atoms with Crippen LogP contribution < -0.4 is 10.2 Å². The topological polar surface area (TPSA) is 60.4 Å². The number of carbonyl (C=O) groups excluding carboxylic acids is 1. The molecule has 2 aliphatic heterocycles. The molecular weight excluding hydrogens is 493 g/mol. The Morgan fingerprint density at radius 3 is 2.47 bits per heavy atom. The van der Waals surface area contributed by atoms with Crippen LogP contribution >= 0.6 is 24.0 Å². The highest BCUT2D eigenvalue weighted by atomic mass is 127. The van der Waals surface area contributed by atoms with Crippen molar-refractivity contribution in [3.8, 4) is 0 Å². The Hall–Kier alpha value is -1.55. The van der Waals surface area contributed by atoms with Crippen molar-refractivity contribution in [2.45, 2.75) is 19.9 Å². The van der Waals surface area contributed by atoms with Crippen molar-refractivity contribution in [2.75, 3.05) is 64.9 Å². The van der Waals surface area contributed by atoms with Gasteiger partial charge in [0.25, 0.3) is 0 Å². The van der Waals surface area contributed by atoms with Crippen molar-refractivity contribution in [1.29, 1.82) is 0 Å². The van der Waals surface area contributed by atoms with Gasteiger partial charge < -0.3 is 19.9 Å². The maximum absolute atomic E-state index is 12.0. The molecule has 30 heavy (non-hydrogen) atoms. The average molecular weight is 529 g/mol. The summed E-state index contributed by atoms with van der Waals surface area (Å²) in [5, 5.41) is 3.52. The zero-order valence-corrected chi connectivity index (χ0v) is 20.9. The van der Waals surface area contributed by atoms with Gasteiger partial charge in [-0.1, -0.05) is 25.1 Å². The van der Waals surface area contributed by atoms with Gasteiger partial charge in [-0.2, -0.15) is 0 Å². The number of nitrogens with one attached hydrogen (secondary N) is 1. The molecule has 1 N–H and O–H groups in total. The van der Waals surface area contributed by atoms with Gasteiger partial charge in [0, 0.05) is 64.6 Å². The molecular formula is C22H36IN5O2. The predicted octanol–water partition coefficient (Wildman–Crippen LogP) is 2.13. The summed E-state index contributed by atoms with van der Waals surface area (Å²) in [6, 6.07) is 11.1. The minimum Gasteiger partial charge on any atom is -0.469 e. The van der Waals surface area contributed by atoms with Crippen LogP contribution in [0, 0.1) is 11.8 Å². The summed E-state index contributed by atoms with van der Waals surface area (Å²) >= 11 is 0. The lowest BCUT2D eigenvalue weighted by atomic mass is 9.99. The van der Waals surface area contributed by atoms with E-state index < -0.39 is 0 Å². The third kappa shape index (κ3) is 6.00. The van der Waals surface area contributed by atoms with Gasteiger partial charge in [0.05, 0.1) is 13.0 Å². The molecule has 0 aromatic heterocycles. The number of methoxy groups -OCH3 is 1. The largest absolute Gasteiger partial charge is 0.469 e. The van der Waals surface area contributed by atoms with Crippen LogP contribution in [0.25, 0.3) is 0 Å². The van der Waals surface area contributed by atoms with E-state index in [0.29, 0.717) is 12.6 Å². The van der Waals surface area contributed by atoms with Gasteiger partial charge in [0.1, 0.15) is 0 Å². The number of carbonyl (C=O) groups is 1. The lowest BCUT2D eigenvalue weighted by Gasteiger charge is -2.39. The second kappa shape index (κ2) is 11.7. The zero-order valence-electron chi connectivity index (χ0n) is 18.6. The van der Waals surface area contributed by atoms with E-state index in [1.165, 1.54) is 12.8 Å². The predicted molar refractivity (Wildman–Crippen MR) is 133 cm³/mol. The molecule has 3 unspecified atom stereocenters. The van der Waals surface area contributed by atoms with Gasteiger partial charge >= 0.3 is 5.97 Å². The number of guanidine groups is 1. The summed E-state index contributed by atoms with van der Waals surface area (Å²) in [7, 11) is 3.27. The third-order valence-electron chi connectivity index (χ3n) is 6.24. The molecule has 0 amide bonds. The Balaban J connectivity index is 0.00000320. The molecule has 0 aliphatic carbocycles. The lowest BCUT2D eigenvalue weighted by molar-refractivity contribution is -0.145. The number of piperazine rings is 1. The summed E-state index contributed by atoms with van der Waals surface area (Å²) in [4.78, 5) is 23.6. The molecule has 0 radical (unpaired) electrons. The highest BCUT2D eigenvalue weighted by Crippen LogP contribution is 2.24. The first-order valence-corrected chi connectivity index (χ1v) is 10.6. The van der Waals surface area contributed by atoms with Crippen LogP contribution in [0.5, 0.6) is 0 Å². The molecule has 2 heterocycles. The van der Waals surface area contributed by atoms with Crippen LogP contribution in [-0.2, 0) is 9.53 Å². The quantitative estimate of drug-likeness (QED) is 0.273. The maximum atomic E-state index is 12.0. The van der Waals surface area contributed by atoms with Crippen molar-refractivity contribution in [3.05, 3.63) is 30.3 Å². The van der Waals surface area contributed by atoms with Crippen molar-refractivity contribution < 1.29 is 9.53 Å². The number of rotatable bonds is 5. The van der Waals surface area contributed by atoms with Crippen LogP contribution in [0.15, 0.2) is 35.3 Å². The van der Waals surface area contributed by atoms with E-state index in [0.717, 1.165) is 45.2 Å². The number of hydrogen-bond donors (Lipinski definition) is 1. The standard InChI is InChI=1S/C22H35N5O2.HI/c1-17-15-27(16-20(17)21(28)29-4)22(23-3)24-14-18(2)25-10-12-26(13-11-25)19-8-6-5-7-9-19;/h5-9,17-18,20H,10-16H2,1-4H3,(H,23,24);1H. The van der Waals surface area contributed by atoms with Gasteiger partial charge in [0.2, 0.25) is 0 Å². The highest BCUT2D eigenvalue weighted by Gasteiger charge is 2.37. The van der Waals surface area contributed by atoms with Gasteiger partial charge in [-0.05, 0) is 25.0 Å². The second-order valence-corrected chi connectivity index (χ2v) is 8.15. The van der Waals surface area contributed by atoms with Crippen LogP contribution in [0.2, 0.25) is 0 Å². The molecule has 2 saturated heterocycles. The number of benzene rings is 1. The van der Waals surface area contributed by atoms with E-state index >= 15 is 0 Å². The van der Waals surface area contributed by atoms with E-state index in [1.54, 1.807) is 0 Å². The molecule has 0 spiro atoms. The van der Waals surface area contributed by atoms with Crippen LogP contribution in [-0.4, -0.2) is 87.7 Å². The number of anilines is 1. The second-order valence-electron chi connectivity index (χ2n) is 8.15. The summed E-state index contributed by atoms with van der Waals surface area (Å²) in [6.07, 6.45) is 0. The highest BCUT2D eigenvalue weighted by molar-refractivity contribution is 14.0. The number of aliphatic imine (C=N–C) groups is 1. The summed E-state index contributed by atoms with van der Waals surface area (Å²) in [5.41, 5.74) is 1.31. The molecule has 0 bridgehead atoms. The Morgan fingerprint density at radius 1 is 1.20 bits per heavy atom. The first-order valence-electron chi connectivity index (χ1n) is 10.6. The Morgan fingerprint density at radius 2 is 1.87 bits per heavy atom. The number of hydrogen-bond acceptors (Lipinski definition) is 5. The molecule has 3 atom stereocenters. The molecule has 3 rings (SSSR count). The minimum atomic E-state index is -0.125. The molecule has 2 fully saturated rings. The van der Waals surface area contributed by atoms with E-state index in [2.05, 4.69) is 69.2 Å². The fraction of sp³-hybridized carbons (Fsp3) is 0.636. The summed E-state index contributed by atoms with van der Waals surface area (Å²) in [6.45, 7) is 10.9. The molecule has 168 valence electrons. The van der Waals surface area contributed by atoms with Gasteiger partial charge in [-0.3, -0.25) is 14.7 Å². The maximum Gasteiger partial charge on any atom is 0.310 e. The summed E-state index contributed by atoms with van der Waals surface area (Å²) < 4.78 is 4.95. The van der Waals surface area contributed by atoms with Gasteiger partial charge in [-0.15, -0.1) is 24.0 Å². The third-order valence-corrected chi connectivity index (χ3v) is 6.24. The number of esters is 1. The van der Waals surface area contributed by atoms with E-state index in [1.807, 2.05) is 7.05 Å². The molecule has 0 saturated carbocycles. The Bertz CT molecular complexity index is 694. The van der Waals surface area contributed by atoms with E-state index in [9.17, 15) is 4.79 Å². The van der Waals surface area contributed by atoms with Crippen molar-refractivity contribution in [1.82, 2.24) is 15.1 Å². The SMILES string of the molecule is CN=C(NCC(C)N1CCN(c2ccccc2)CC1)N1CC(C)C(C(=O)OC)C1.I. The van der Waals surface area contributed by atoms with E-state index in [-0.39, 0.29) is 41.8 Å². The van der Waals surface area contributed by atoms with Crippen LogP contribution in [0.1, 0.15) is 13.8 Å². The normalized spacial score (nSPS) is 23.7. The average Bonchev–Trinajstić information content (AvgIpc) is 3.15. The Kier molecular flexibility index (Phi) is 9.67. The number of para-hydroxylation sites is 1. The van der Waals surface area contributed by atoms with Gasteiger partial charge in [0.15, 0.2) is 5.96 Å². The smallest absolute Gasteiger partial charge is 0.310 e. The minimum absolute atomic E-state index is 0. The first kappa shape index (κ1) is 24.7. The molecule has 1 aromatic rings. The number of halogens is 1. The van der Waals surface area contributed by atoms with Crippen LogP contribution in [0.3, 0.4) is 0 Å². The van der Waals surface area contributed by atoms with Crippen molar-refractivity contribution in [3.63, 3.8) is 0 Å². The first-order chi connectivity index (χ1) is 14.0. The number of ether oxygens (including phenoxy) is 1. The number of nitrogens with zero attached hydrogens (tertiary/aromatic N) is 4. The monoisotopic (exact) mass is 529 g/mol. The lowest BCUT2D eigenvalue weighted by Crippen LogP contribution is -2.53. The zero-order chi connectivity index (χ0) is 20.8. The van der Waals surface area contributed by atoms with Gasteiger partial charge in [-0.25, -0.2) is 0 Å². The van der Waals surface area contributed by atoms with Crippen LogP contribution in [0.4, 0.5) is 5.69 Å².